The highest BCUT2D eigenvalue weighted by Gasteiger charge is 2.18. The fraction of sp³-hybridized carbons (Fsp3) is 0.611. The summed E-state index contributed by atoms with van der Waals surface area (Å²) in [5, 5.41) is 3.46. The molecule has 2 rings (SSSR count). The highest BCUT2D eigenvalue weighted by molar-refractivity contribution is 6.32. The fourth-order valence-electron chi connectivity index (χ4n) is 2.95. The Morgan fingerprint density at radius 1 is 1.21 bits per heavy atom. The Labute approximate surface area is 149 Å². The second-order valence-corrected chi connectivity index (χ2v) is 6.96. The van der Waals surface area contributed by atoms with Gasteiger partial charge in [0.2, 0.25) is 5.91 Å². The van der Waals surface area contributed by atoms with Gasteiger partial charge in [0.1, 0.15) is 13.2 Å². The molecular weight excluding hydrogens is 328 g/mol. The minimum atomic E-state index is -0.0183. The maximum atomic E-state index is 12.2. The Balaban J connectivity index is 1.87. The number of benzene rings is 1. The monoisotopic (exact) mass is 354 g/mol. The van der Waals surface area contributed by atoms with E-state index in [0.717, 1.165) is 12.1 Å². The number of nitrogens with zero attached hydrogens (tertiary/aromatic N) is 1. The zero-order valence-corrected chi connectivity index (χ0v) is 15.7. The number of carbonyl (C=O) groups excluding carboxylic acids is 1. The molecule has 0 aromatic heterocycles. The van der Waals surface area contributed by atoms with Crippen LogP contribution in [0, 0.1) is 0 Å². The third-order valence-corrected chi connectivity index (χ3v) is 4.32. The second-order valence-electron chi connectivity index (χ2n) is 6.55. The predicted molar refractivity (Wildman–Crippen MR) is 96.1 cm³/mol. The molecule has 24 heavy (non-hydrogen) atoms. The van der Waals surface area contributed by atoms with E-state index in [-0.39, 0.29) is 12.3 Å². The molecule has 0 fully saturated rings. The molecule has 0 aliphatic carbocycles. The van der Waals surface area contributed by atoms with Crippen molar-refractivity contribution in [3.63, 3.8) is 0 Å². The summed E-state index contributed by atoms with van der Waals surface area (Å²) in [4.78, 5) is 14.5. The van der Waals surface area contributed by atoms with Crippen LogP contribution in [0.1, 0.15) is 33.3 Å². The van der Waals surface area contributed by atoms with E-state index in [4.69, 9.17) is 21.1 Å². The molecule has 1 amide bonds. The van der Waals surface area contributed by atoms with Crippen molar-refractivity contribution in [1.29, 1.82) is 0 Å². The lowest BCUT2D eigenvalue weighted by Gasteiger charge is -2.30. The number of halogens is 1. The molecule has 6 heteroatoms. The zero-order chi connectivity index (χ0) is 17.7. The van der Waals surface area contributed by atoms with Gasteiger partial charge in [-0.05, 0) is 45.4 Å². The van der Waals surface area contributed by atoms with E-state index in [1.807, 2.05) is 6.07 Å². The van der Waals surface area contributed by atoms with E-state index in [9.17, 15) is 4.79 Å². The van der Waals surface area contributed by atoms with E-state index in [1.165, 1.54) is 0 Å². The number of fused-ring (bicyclic) bond motifs is 1. The first-order valence-electron chi connectivity index (χ1n) is 8.49. The quantitative estimate of drug-likeness (QED) is 0.818. The molecule has 0 saturated heterocycles. The first-order chi connectivity index (χ1) is 11.4. The number of amides is 1. The summed E-state index contributed by atoms with van der Waals surface area (Å²) in [5.41, 5.74) is 0.825. The summed E-state index contributed by atoms with van der Waals surface area (Å²) < 4.78 is 11.0. The van der Waals surface area contributed by atoms with Gasteiger partial charge in [-0.2, -0.15) is 0 Å². The summed E-state index contributed by atoms with van der Waals surface area (Å²) in [6.45, 7) is 11.1. The lowest BCUT2D eigenvalue weighted by Crippen LogP contribution is -2.42. The molecule has 1 heterocycles. The van der Waals surface area contributed by atoms with E-state index in [2.05, 4.69) is 37.9 Å². The third kappa shape index (κ3) is 5.02. The van der Waals surface area contributed by atoms with E-state index in [0.29, 0.717) is 48.4 Å². The van der Waals surface area contributed by atoms with Crippen LogP contribution in [0.3, 0.4) is 0 Å². The van der Waals surface area contributed by atoms with Crippen LogP contribution in [0.4, 0.5) is 0 Å². The summed E-state index contributed by atoms with van der Waals surface area (Å²) in [5.74, 6) is 1.16. The van der Waals surface area contributed by atoms with Crippen LogP contribution >= 0.6 is 11.6 Å². The molecule has 5 nitrogen and oxygen atoms in total. The molecular formula is C18H27ClN2O3. The molecule has 1 N–H and O–H groups in total. The largest absolute Gasteiger partial charge is 0.486 e. The Bertz CT molecular complexity index is 568. The highest BCUT2D eigenvalue weighted by Crippen LogP contribution is 2.38. The number of nitrogens with one attached hydrogen (secondary N) is 1. The molecule has 0 unspecified atom stereocenters. The van der Waals surface area contributed by atoms with Crippen LogP contribution in [0.2, 0.25) is 5.02 Å². The average Bonchev–Trinajstić information content (AvgIpc) is 2.50. The van der Waals surface area contributed by atoms with Crippen LogP contribution in [0.15, 0.2) is 12.1 Å². The Morgan fingerprint density at radius 2 is 1.88 bits per heavy atom. The summed E-state index contributed by atoms with van der Waals surface area (Å²) in [7, 11) is 0. The van der Waals surface area contributed by atoms with Gasteiger partial charge >= 0.3 is 0 Å². The molecule has 0 bridgehead atoms. The number of rotatable bonds is 7. The topological polar surface area (TPSA) is 50.8 Å². The Hall–Kier alpha value is -1.46. The van der Waals surface area contributed by atoms with E-state index < -0.39 is 0 Å². The van der Waals surface area contributed by atoms with Crippen molar-refractivity contribution in [3.8, 4) is 11.5 Å². The van der Waals surface area contributed by atoms with Crippen molar-refractivity contribution >= 4 is 17.5 Å². The van der Waals surface area contributed by atoms with Gasteiger partial charge in [0.05, 0.1) is 11.4 Å². The summed E-state index contributed by atoms with van der Waals surface area (Å²) >= 11 is 6.20. The molecule has 0 atom stereocenters. The van der Waals surface area contributed by atoms with Crippen LogP contribution in [-0.2, 0) is 11.2 Å². The zero-order valence-electron chi connectivity index (χ0n) is 14.9. The SMILES string of the molecule is CC(C)N(CCNC(=O)Cc1cc(Cl)c2c(c1)OCCO2)C(C)C. The number of carbonyl (C=O) groups is 1. The van der Waals surface area contributed by atoms with Gasteiger partial charge in [-0.3, -0.25) is 9.69 Å². The normalized spacial score (nSPS) is 13.7. The summed E-state index contributed by atoms with van der Waals surface area (Å²) in [6, 6.07) is 4.51. The molecule has 1 aromatic rings. The van der Waals surface area contributed by atoms with Crippen molar-refractivity contribution in [1.82, 2.24) is 10.2 Å². The molecule has 134 valence electrons. The van der Waals surface area contributed by atoms with Crippen LogP contribution in [0.5, 0.6) is 11.5 Å². The van der Waals surface area contributed by atoms with Crippen molar-refractivity contribution in [2.45, 2.75) is 46.2 Å². The molecule has 0 saturated carbocycles. The van der Waals surface area contributed by atoms with Gasteiger partial charge in [-0.1, -0.05) is 11.6 Å². The summed E-state index contributed by atoms with van der Waals surface area (Å²) in [6.07, 6.45) is 0.277. The van der Waals surface area contributed by atoms with E-state index in [1.54, 1.807) is 6.07 Å². The van der Waals surface area contributed by atoms with Crippen LogP contribution in [-0.4, -0.2) is 49.2 Å². The molecule has 0 radical (unpaired) electrons. The van der Waals surface area contributed by atoms with Crippen molar-refractivity contribution in [2.24, 2.45) is 0 Å². The molecule has 1 aromatic carbocycles. The van der Waals surface area contributed by atoms with Crippen molar-refractivity contribution in [3.05, 3.63) is 22.7 Å². The third-order valence-electron chi connectivity index (χ3n) is 4.04. The standard InChI is InChI=1S/C18H27ClN2O3/c1-12(2)21(13(3)4)6-5-20-17(22)11-14-9-15(19)18-16(10-14)23-7-8-24-18/h9-10,12-13H,5-8,11H2,1-4H3,(H,20,22). The van der Waals surface area contributed by atoms with Gasteiger partial charge < -0.3 is 14.8 Å². The first kappa shape index (κ1) is 18.9. The van der Waals surface area contributed by atoms with Gasteiger partial charge in [0.25, 0.3) is 0 Å². The Morgan fingerprint density at radius 3 is 2.54 bits per heavy atom. The molecule has 1 aliphatic heterocycles. The smallest absolute Gasteiger partial charge is 0.224 e. The lowest BCUT2D eigenvalue weighted by molar-refractivity contribution is -0.120. The maximum Gasteiger partial charge on any atom is 0.224 e. The van der Waals surface area contributed by atoms with Gasteiger partial charge in [-0.15, -0.1) is 0 Å². The Kier molecular flexibility index (Phi) is 6.75. The molecule has 0 spiro atoms. The minimum absolute atomic E-state index is 0.0183. The average molecular weight is 355 g/mol. The maximum absolute atomic E-state index is 12.2. The van der Waals surface area contributed by atoms with Crippen LogP contribution in [0.25, 0.3) is 0 Å². The number of ether oxygens (including phenoxy) is 2. The van der Waals surface area contributed by atoms with Gasteiger partial charge in [-0.25, -0.2) is 0 Å². The van der Waals surface area contributed by atoms with Gasteiger partial charge in [0, 0.05) is 25.2 Å². The predicted octanol–water partition coefficient (Wildman–Crippen LogP) is 2.89. The minimum Gasteiger partial charge on any atom is -0.486 e. The van der Waals surface area contributed by atoms with E-state index >= 15 is 0 Å². The fourth-order valence-corrected chi connectivity index (χ4v) is 3.24. The van der Waals surface area contributed by atoms with Gasteiger partial charge in [0.15, 0.2) is 11.5 Å². The molecule has 1 aliphatic rings. The second kappa shape index (κ2) is 8.58. The van der Waals surface area contributed by atoms with Crippen molar-refractivity contribution in [2.75, 3.05) is 26.3 Å². The van der Waals surface area contributed by atoms with Crippen molar-refractivity contribution < 1.29 is 14.3 Å². The van der Waals surface area contributed by atoms with Crippen LogP contribution < -0.4 is 14.8 Å². The highest BCUT2D eigenvalue weighted by atomic mass is 35.5. The first-order valence-corrected chi connectivity index (χ1v) is 8.86. The lowest BCUT2D eigenvalue weighted by atomic mass is 10.1. The number of hydrogen-bond donors (Lipinski definition) is 1. The number of hydrogen-bond acceptors (Lipinski definition) is 4.